The Balaban J connectivity index is 2.46. The third-order valence-electron chi connectivity index (χ3n) is 2.75. The van der Waals surface area contributed by atoms with Crippen LogP contribution in [0.5, 0.6) is 5.75 Å². The molecule has 5 nitrogen and oxygen atoms in total. The number of benzene rings is 1. The first kappa shape index (κ1) is 12.2. The largest absolute Gasteiger partial charge is 0.371 e. The molecule has 0 saturated heterocycles. The molecule has 0 bridgehead atoms. The summed E-state index contributed by atoms with van der Waals surface area (Å²) < 4.78 is 1.00. The minimum Gasteiger partial charge on any atom is -0.371 e. The summed E-state index contributed by atoms with van der Waals surface area (Å²) in [5.74, 6) is 0.599. The summed E-state index contributed by atoms with van der Waals surface area (Å²) in [4.78, 5) is 30.1. The van der Waals surface area contributed by atoms with Gasteiger partial charge < -0.3 is 4.84 Å². The highest BCUT2D eigenvalue weighted by atomic mass is 16.7. The molecule has 0 radical (unpaired) electrons. The average Bonchev–Trinajstić information content (AvgIpc) is 2.29. The van der Waals surface area contributed by atoms with Gasteiger partial charge in [-0.1, -0.05) is 6.07 Å². The lowest BCUT2D eigenvalue weighted by Gasteiger charge is -2.12. The number of aromatic amines is 1. The lowest BCUT2D eigenvalue weighted by Crippen LogP contribution is -2.31. The van der Waals surface area contributed by atoms with E-state index in [0.717, 1.165) is 21.4 Å². The Kier molecular flexibility index (Phi) is 3.06. The van der Waals surface area contributed by atoms with Crippen molar-refractivity contribution in [2.75, 3.05) is 0 Å². The van der Waals surface area contributed by atoms with E-state index in [1.165, 1.54) is 12.3 Å². The molecule has 0 unspecified atom stereocenters. The van der Waals surface area contributed by atoms with Crippen LogP contribution < -0.4 is 16.1 Å². The maximum absolute atomic E-state index is 11.5. The van der Waals surface area contributed by atoms with Crippen LogP contribution in [-0.4, -0.2) is 9.71 Å². The lowest BCUT2D eigenvalue weighted by atomic mass is 10.1. The Hall–Kier alpha value is -2.30. The van der Waals surface area contributed by atoms with Gasteiger partial charge in [-0.15, -0.1) is 4.73 Å². The van der Waals surface area contributed by atoms with E-state index in [-0.39, 0.29) is 0 Å². The highest BCUT2D eigenvalue weighted by molar-refractivity contribution is 5.41. The summed E-state index contributed by atoms with van der Waals surface area (Å²) in [6.45, 7) is 5.85. The number of nitrogens with zero attached hydrogens (tertiary/aromatic N) is 1. The van der Waals surface area contributed by atoms with Gasteiger partial charge in [-0.2, -0.15) is 0 Å². The summed E-state index contributed by atoms with van der Waals surface area (Å²) in [5, 5.41) is 0. The van der Waals surface area contributed by atoms with Gasteiger partial charge in [0.05, 0.1) is 6.20 Å². The molecule has 94 valence electrons. The molecule has 0 aliphatic heterocycles. The first-order chi connectivity index (χ1) is 8.47. The van der Waals surface area contributed by atoms with Gasteiger partial charge in [0.1, 0.15) is 0 Å². The van der Waals surface area contributed by atoms with Crippen LogP contribution >= 0.6 is 0 Å². The van der Waals surface area contributed by atoms with E-state index in [2.05, 4.69) is 4.98 Å². The van der Waals surface area contributed by atoms with Gasteiger partial charge in [0.2, 0.25) is 0 Å². The summed E-state index contributed by atoms with van der Waals surface area (Å²) in [6.07, 6.45) is 1.30. The number of H-pyrrole nitrogens is 1. The fourth-order valence-corrected chi connectivity index (χ4v) is 1.68. The van der Waals surface area contributed by atoms with Gasteiger partial charge in [0.15, 0.2) is 5.75 Å². The van der Waals surface area contributed by atoms with E-state index >= 15 is 0 Å². The number of rotatable bonds is 2. The van der Waals surface area contributed by atoms with E-state index in [1.807, 2.05) is 32.9 Å². The van der Waals surface area contributed by atoms with E-state index in [9.17, 15) is 9.59 Å². The van der Waals surface area contributed by atoms with Crippen molar-refractivity contribution in [3.05, 3.63) is 61.9 Å². The first-order valence-corrected chi connectivity index (χ1v) is 5.55. The second kappa shape index (κ2) is 4.52. The quantitative estimate of drug-likeness (QED) is 0.868. The van der Waals surface area contributed by atoms with Crippen LogP contribution in [0.4, 0.5) is 0 Å². The van der Waals surface area contributed by atoms with E-state index in [0.29, 0.717) is 5.75 Å². The lowest BCUT2D eigenvalue weighted by molar-refractivity contribution is 0.197. The van der Waals surface area contributed by atoms with Gasteiger partial charge >= 0.3 is 5.69 Å². The number of nitrogens with one attached hydrogen (secondary N) is 1. The fourth-order valence-electron chi connectivity index (χ4n) is 1.68. The standard InChI is InChI=1S/C13H14N2O3/c1-8-6-9(2)10(3)11(7-8)18-15-5-4-12(16)14-13(15)17/h4-7H,1-3H3,(H,14,16,17). The summed E-state index contributed by atoms with van der Waals surface area (Å²) >= 11 is 0. The predicted molar refractivity (Wildman–Crippen MR) is 68.0 cm³/mol. The van der Waals surface area contributed by atoms with E-state index < -0.39 is 11.2 Å². The molecule has 0 aliphatic carbocycles. The number of aromatic nitrogens is 2. The summed E-state index contributed by atoms with van der Waals surface area (Å²) in [5.41, 5.74) is 2.05. The van der Waals surface area contributed by atoms with Crippen LogP contribution in [0, 0.1) is 20.8 Å². The van der Waals surface area contributed by atoms with Crippen molar-refractivity contribution >= 4 is 0 Å². The molecule has 5 heteroatoms. The minimum absolute atomic E-state index is 0.447. The average molecular weight is 246 g/mol. The molecule has 0 amide bonds. The molecule has 1 aromatic heterocycles. The molecule has 1 N–H and O–H groups in total. The SMILES string of the molecule is Cc1cc(C)c(C)c(On2ccc(=O)[nH]c2=O)c1. The van der Waals surface area contributed by atoms with Crippen LogP contribution in [0.25, 0.3) is 0 Å². The third-order valence-corrected chi connectivity index (χ3v) is 2.75. The number of hydrogen-bond acceptors (Lipinski definition) is 3. The topological polar surface area (TPSA) is 64.1 Å². The highest BCUT2D eigenvalue weighted by Crippen LogP contribution is 2.23. The maximum atomic E-state index is 11.5. The van der Waals surface area contributed by atoms with Crippen molar-refractivity contribution in [1.29, 1.82) is 0 Å². The van der Waals surface area contributed by atoms with Crippen molar-refractivity contribution < 1.29 is 4.84 Å². The second-order valence-corrected chi connectivity index (χ2v) is 4.23. The Bertz CT molecular complexity index is 698. The molecule has 2 rings (SSSR count). The van der Waals surface area contributed by atoms with Crippen LogP contribution in [0.1, 0.15) is 16.7 Å². The zero-order valence-electron chi connectivity index (χ0n) is 10.5. The zero-order valence-corrected chi connectivity index (χ0v) is 10.5. The Morgan fingerprint density at radius 1 is 1.17 bits per heavy atom. The van der Waals surface area contributed by atoms with Gasteiger partial charge in [0, 0.05) is 6.07 Å². The van der Waals surface area contributed by atoms with Crippen LogP contribution in [-0.2, 0) is 0 Å². The number of hydrogen-bond donors (Lipinski definition) is 1. The molecule has 0 saturated carbocycles. The zero-order chi connectivity index (χ0) is 13.3. The Morgan fingerprint density at radius 2 is 1.89 bits per heavy atom. The van der Waals surface area contributed by atoms with Crippen molar-refractivity contribution in [2.45, 2.75) is 20.8 Å². The smallest absolute Gasteiger partial charge is 0.361 e. The normalized spacial score (nSPS) is 10.4. The van der Waals surface area contributed by atoms with E-state index in [4.69, 9.17) is 4.84 Å². The molecule has 1 aromatic carbocycles. The van der Waals surface area contributed by atoms with Crippen molar-refractivity contribution in [3.63, 3.8) is 0 Å². The Labute approximate surface area is 104 Å². The van der Waals surface area contributed by atoms with Crippen LogP contribution in [0.15, 0.2) is 34.0 Å². The van der Waals surface area contributed by atoms with Crippen molar-refractivity contribution in [2.24, 2.45) is 0 Å². The van der Waals surface area contributed by atoms with Gasteiger partial charge in [-0.3, -0.25) is 9.78 Å². The second-order valence-electron chi connectivity index (χ2n) is 4.23. The van der Waals surface area contributed by atoms with Gasteiger partial charge in [-0.25, -0.2) is 4.79 Å². The van der Waals surface area contributed by atoms with Crippen molar-refractivity contribution in [1.82, 2.24) is 9.71 Å². The molecule has 0 aliphatic rings. The molecular formula is C13H14N2O3. The van der Waals surface area contributed by atoms with Gasteiger partial charge in [-0.05, 0) is 43.5 Å². The summed E-state index contributed by atoms with van der Waals surface area (Å²) in [7, 11) is 0. The predicted octanol–water partition coefficient (Wildman–Crippen LogP) is 1.30. The first-order valence-electron chi connectivity index (χ1n) is 5.55. The molecule has 18 heavy (non-hydrogen) atoms. The minimum atomic E-state index is -0.596. The van der Waals surface area contributed by atoms with Crippen molar-refractivity contribution in [3.8, 4) is 5.75 Å². The Morgan fingerprint density at radius 3 is 2.56 bits per heavy atom. The number of aryl methyl sites for hydroxylation is 2. The van der Waals surface area contributed by atoms with Gasteiger partial charge in [0.25, 0.3) is 5.56 Å². The molecular weight excluding hydrogens is 232 g/mol. The summed E-state index contributed by atoms with van der Waals surface area (Å²) in [6, 6.07) is 5.12. The molecule has 0 fully saturated rings. The van der Waals surface area contributed by atoms with Crippen LogP contribution in [0.2, 0.25) is 0 Å². The molecule has 0 spiro atoms. The highest BCUT2D eigenvalue weighted by Gasteiger charge is 2.06. The molecule has 2 aromatic rings. The monoisotopic (exact) mass is 246 g/mol. The maximum Gasteiger partial charge on any atom is 0.361 e. The van der Waals surface area contributed by atoms with E-state index in [1.54, 1.807) is 0 Å². The van der Waals surface area contributed by atoms with Crippen LogP contribution in [0.3, 0.4) is 0 Å². The molecule has 1 heterocycles. The molecule has 0 atom stereocenters. The third kappa shape index (κ3) is 2.34. The fraction of sp³-hybridized carbons (Fsp3) is 0.231.